The number of rotatable bonds is 6. The normalized spacial score (nSPS) is 13.7. The minimum absolute atomic E-state index is 0.136. The summed E-state index contributed by atoms with van der Waals surface area (Å²) >= 11 is 13.7. The summed E-state index contributed by atoms with van der Waals surface area (Å²) in [6, 6.07) is 17.0. The molecule has 0 saturated carbocycles. The fourth-order valence-electron chi connectivity index (χ4n) is 4.27. The van der Waals surface area contributed by atoms with Gasteiger partial charge in [-0.2, -0.15) is 0 Å². The second-order valence-electron chi connectivity index (χ2n) is 8.75. The zero-order valence-corrected chi connectivity index (χ0v) is 22.8. The Hall–Kier alpha value is -3.14. The van der Waals surface area contributed by atoms with Gasteiger partial charge in [-0.25, -0.2) is 14.6 Å². The molecule has 2 aromatic heterocycles. The summed E-state index contributed by atoms with van der Waals surface area (Å²) in [5, 5.41) is 10.6. The van der Waals surface area contributed by atoms with E-state index in [1.165, 1.54) is 11.8 Å². The Kier molecular flexibility index (Phi) is 7.64. The van der Waals surface area contributed by atoms with Crippen LogP contribution in [0.4, 0.5) is 5.69 Å². The van der Waals surface area contributed by atoms with Crippen molar-refractivity contribution in [2.75, 3.05) is 31.1 Å². The van der Waals surface area contributed by atoms with Crippen molar-refractivity contribution in [2.45, 2.75) is 24.8 Å². The first-order chi connectivity index (χ1) is 17.9. The van der Waals surface area contributed by atoms with Gasteiger partial charge in [0, 0.05) is 59.1 Å². The van der Waals surface area contributed by atoms with Crippen LogP contribution >= 0.6 is 35.0 Å². The number of piperazine rings is 1. The molecule has 11 heteroatoms. The highest BCUT2D eigenvalue weighted by Crippen LogP contribution is 2.26. The van der Waals surface area contributed by atoms with E-state index in [1.54, 1.807) is 16.8 Å². The molecule has 8 nitrogen and oxygen atoms in total. The molecule has 1 saturated heterocycles. The first-order valence-corrected chi connectivity index (χ1v) is 13.6. The van der Waals surface area contributed by atoms with Crippen LogP contribution in [0.1, 0.15) is 27.6 Å². The van der Waals surface area contributed by atoms with Crippen LogP contribution in [-0.2, 0) is 5.75 Å². The number of aryl methyl sites for hydroxylation is 2. The number of hydrogen-bond donors (Lipinski definition) is 0. The second-order valence-corrected chi connectivity index (χ2v) is 10.6. The fraction of sp³-hybridized carbons (Fsp3) is 0.269. The third kappa shape index (κ3) is 5.89. The average molecular weight is 555 g/mol. The number of hydrogen-bond acceptors (Lipinski definition) is 7. The van der Waals surface area contributed by atoms with Gasteiger partial charge in [0.2, 0.25) is 0 Å². The quantitative estimate of drug-likeness (QED) is 0.238. The molecule has 0 aliphatic carbocycles. The van der Waals surface area contributed by atoms with E-state index >= 15 is 0 Å². The zero-order valence-electron chi connectivity index (χ0n) is 20.4. The number of benzene rings is 2. The molecule has 0 atom stereocenters. The van der Waals surface area contributed by atoms with Crippen LogP contribution in [0.2, 0.25) is 10.0 Å². The predicted molar refractivity (Wildman–Crippen MR) is 147 cm³/mol. The Balaban J connectivity index is 1.38. The molecule has 1 aliphatic rings. The van der Waals surface area contributed by atoms with Gasteiger partial charge in [0.05, 0.1) is 11.4 Å². The summed E-state index contributed by atoms with van der Waals surface area (Å²) in [6.45, 7) is 6.44. The SMILES string of the molecule is Cc1cc(C)nc(SCc2c(C(=O)N3CCN(c4cccc(Cl)c4)CC3)nnn2-c2ccc(Cl)cc2)n1. The molecule has 0 bridgehead atoms. The zero-order chi connectivity index (χ0) is 25.9. The maximum absolute atomic E-state index is 13.6. The summed E-state index contributed by atoms with van der Waals surface area (Å²) in [4.78, 5) is 26.8. The topological polar surface area (TPSA) is 80.0 Å². The van der Waals surface area contributed by atoms with Crippen molar-refractivity contribution >= 4 is 46.6 Å². The molecular weight excluding hydrogens is 529 g/mol. The lowest BCUT2D eigenvalue weighted by molar-refractivity contribution is 0.0740. The standard InChI is InChI=1S/C26H25Cl2N7OS/c1-17-14-18(2)30-26(29-17)37-16-23-24(31-32-35(23)21-8-6-19(27)7-9-21)25(36)34-12-10-33(11-13-34)22-5-3-4-20(28)15-22/h3-9,14-15H,10-13,16H2,1-2H3. The predicted octanol–water partition coefficient (Wildman–Crippen LogP) is 5.24. The van der Waals surface area contributed by atoms with Crippen LogP contribution in [0.25, 0.3) is 5.69 Å². The number of carbonyl (C=O) groups excluding carboxylic acids is 1. The Morgan fingerprint density at radius 2 is 1.59 bits per heavy atom. The Morgan fingerprint density at radius 1 is 0.892 bits per heavy atom. The van der Waals surface area contributed by atoms with E-state index in [1.807, 2.05) is 61.2 Å². The van der Waals surface area contributed by atoms with E-state index in [4.69, 9.17) is 23.2 Å². The molecule has 1 aliphatic heterocycles. The van der Waals surface area contributed by atoms with Crippen LogP contribution in [-0.4, -0.2) is 61.9 Å². The van der Waals surface area contributed by atoms with Crippen molar-refractivity contribution in [1.82, 2.24) is 29.9 Å². The molecule has 2 aromatic carbocycles. The van der Waals surface area contributed by atoms with Crippen molar-refractivity contribution in [3.8, 4) is 5.69 Å². The Bertz CT molecular complexity index is 1400. The van der Waals surface area contributed by atoms with Crippen molar-refractivity contribution in [1.29, 1.82) is 0 Å². The van der Waals surface area contributed by atoms with Crippen LogP contribution in [0.15, 0.2) is 59.8 Å². The lowest BCUT2D eigenvalue weighted by Gasteiger charge is -2.36. The number of thioether (sulfide) groups is 1. The Labute approximate surface area is 229 Å². The number of halogens is 2. The fourth-order valence-corrected chi connectivity index (χ4v) is 5.52. The third-order valence-corrected chi connectivity index (χ3v) is 7.42. The van der Waals surface area contributed by atoms with E-state index in [0.717, 1.165) is 22.8 Å². The highest BCUT2D eigenvalue weighted by molar-refractivity contribution is 7.98. The molecule has 0 spiro atoms. The summed E-state index contributed by atoms with van der Waals surface area (Å²) in [5.74, 6) is 0.296. The Morgan fingerprint density at radius 3 is 2.27 bits per heavy atom. The van der Waals surface area contributed by atoms with E-state index in [2.05, 4.69) is 25.2 Å². The molecule has 0 radical (unpaired) electrons. The van der Waals surface area contributed by atoms with Gasteiger partial charge < -0.3 is 9.80 Å². The number of anilines is 1. The van der Waals surface area contributed by atoms with Crippen LogP contribution < -0.4 is 4.90 Å². The smallest absolute Gasteiger partial charge is 0.276 e. The molecule has 3 heterocycles. The lowest BCUT2D eigenvalue weighted by Crippen LogP contribution is -2.49. The number of aromatic nitrogens is 5. The van der Waals surface area contributed by atoms with Crippen LogP contribution in [0.3, 0.4) is 0 Å². The third-order valence-electron chi connectivity index (χ3n) is 6.08. The maximum Gasteiger partial charge on any atom is 0.276 e. The van der Waals surface area contributed by atoms with E-state index in [-0.39, 0.29) is 5.91 Å². The van der Waals surface area contributed by atoms with Gasteiger partial charge in [-0.15, -0.1) is 5.10 Å². The minimum Gasteiger partial charge on any atom is -0.368 e. The molecule has 0 N–H and O–H groups in total. The van der Waals surface area contributed by atoms with Crippen LogP contribution in [0.5, 0.6) is 0 Å². The van der Waals surface area contributed by atoms with Crippen molar-refractivity contribution in [3.63, 3.8) is 0 Å². The van der Waals surface area contributed by atoms with Crippen molar-refractivity contribution in [2.24, 2.45) is 0 Å². The van der Waals surface area contributed by atoms with Gasteiger partial charge in [-0.1, -0.05) is 46.2 Å². The molecule has 5 rings (SSSR count). The van der Waals surface area contributed by atoms with Gasteiger partial charge in [0.15, 0.2) is 10.9 Å². The maximum atomic E-state index is 13.6. The lowest BCUT2D eigenvalue weighted by atomic mass is 10.2. The molecule has 37 heavy (non-hydrogen) atoms. The second kappa shape index (κ2) is 11.1. The molecule has 4 aromatic rings. The van der Waals surface area contributed by atoms with Crippen molar-refractivity contribution < 1.29 is 4.79 Å². The summed E-state index contributed by atoms with van der Waals surface area (Å²) in [5.41, 5.74) is 4.65. The first kappa shape index (κ1) is 25.5. The van der Waals surface area contributed by atoms with Gasteiger partial charge in [-0.05, 0) is 62.4 Å². The molecule has 0 unspecified atom stereocenters. The summed E-state index contributed by atoms with van der Waals surface area (Å²) in [7, 11) is 0. The van der Waals surface area contributed by atoms with Gasteiger partial charge in [0.25, 0.3) is 5.91 Å². The van der Waals surface area contributed by atoms with E-state index in [9.17, 15) is 4.79 Å². The molecule has 1 fully saturated rings. The number of nitrogens with zero attached hydrogens (tertiary/aromatic N) is 7. The molecular formula is C26H25Cl2N7OS. The number of amides is 1. The van der Waals surface area contributed by atoms with Crippen LogP contribution in [0, 0.1) is 13.8 Å². The van der Waals surface area contributed by atoms with E-state index in [0.29, 0.717) is 58.5 Å². The largest absolute Gasteiger partial charge is 0.368 e. The summed E-state index contributed by atoms with van der Waals surface area (Å²) < 4.78 is 1.70. The van der Waals surface area contributed by atoms with Crippen molar-refractivity contribution in [3.05, 3.63) is 87.4 Å². The highest BCUT2D eigenvalue weighted by atomic mass is 35.5. The van der Waals surface area contributed by atoms with Gasteiger partial charge >= 0.3 is 0 Å². The number of carbonyl (C=O) groups is 1. The highest BCUT2D eigenvalue weighted by Gasteiger charge is 2.28. The average Bonchev–Trinajstić information content (AvgIpc) is 3.31. The summed E-state index contributed by atoms with van der Waals surface area (Å²) in [6.07, 6.45) is 0. The molecule has 1 amide bonds. The monoisotopic (exact) mass is 553 g/mol. The minimum atomic E-state index is -0.136. The molecule has 190 valence electrons. The first-order valence-electron chi connectivity index (χ1n) is 11.8. The van der Waals surface area contributed by atoms with Gasteiger partial charge in [-0.3, -0.25) is 4.79 Å². The van der Waals surface area contributed by atoms with Gasteiger partial charge in [0.1, 0.15) is 0 Å². The van der Waals surface area contributed by atoms with E-state index < -0.39 is 0 Å².